The van der Waals surface area contributed by atoms with Crippen molar-refractivity contribution in [1.82, 2.24) is 4.90 Å². The molecule has 3 nitrogen and oxygen atoms in total. The number of carbonyl (C=O) groups excluding carboxylic acids is 1. The minimum absolute atomic E-state index is 0.196. The molecule has 0 radical (unpaired) electrons. The molecule has 0 aliphatic carbocycles. The summed E-state index contributed by atoms with van der Waals surface area (Å²) in [6.07, 6.45) is 1.34. The Morgan fingerprint density at radius 2 is 1.68 bits per heavy atom. The number of hydrogen-bond donors (Lipinski definition) is 0. The third-order valence-corrected chi connectivity index (χ3v) is 3.74. The molecule has 0 N–H and O–H groups in total. The van der Waals surface area contributed by atoms with Crippen molar-refractivity contribution in [3.8, 4) is 5.75 Å². The average Bonchev–Trinajstić information content (AvgIpc) is 2.59. The van der Waals surface area contributed by atoms with Crippen molar-refractivity contribution in [2.45, 2.75) is 26.3 Å². The molecule has 0 fully saturated rings. The number of ether oxygens (including phenoxy) is 1. The van der Waals surface area contributed by atoms with E-state index in [0.29, 0.717) is 13.0 Å². The molecule has 116 valence electrons. The van der Waals surface area contributed by atoms with Crippen LogP contribution in [0.1, 0.15) is 24.5 Å². The predicted octanol–water partition coefficient (Wildman–Crippen LogP) is 3.68. The number of amides is 1. The molecule has 0 spiro atoms. The fourth-order valence-electron chi connectivity index (χ4n) is 2.38. The van der Waals surface area contributed by atoms with Crippen molar-refractivity contribution in [2.75, 3.05) is 13.7 Å². The van der Waals surface area contributed by atoms with Crippen LogP contribution in [0.4, 0.5) is 0 Å². The summed E-state index contributed by atoms with van der Waals surface area (Å²) in [6, 6.07) is 18.0. The number of hydrogen-bond acceptors (Lipinski definition) is 2. The van der Waals surface area contributed by atoms with Gasteiger partial charge in [0.05, 0.1) is 7.11 Å². The summed E-state index contributed by atoms with van der Waals surface area (Å²) in [7, 11) is 1.65. The van der Waals surface area contributed by atoms with E-state index in [1.807, 2.05) is 54.3 Å². The SMILES string of the molecule is CCN(Cc1ccc(OC)cc1)C(=O)CCc1ccccc1. The van der Waals surface area contributed by atoms with E-state index in [2.05, 4.69) is 12.1 Å². The van der Waals surface area contributed by atoms with Crippen LogP contribution < -0.4 is 4.74 Å². The Hall–Kier alpha value is -2.29. The fraction of sp³-hybridized carbons (Fsp3) is 0.316. The topological polar surface area (TPSA) is 29.5 Å². The number of benzene rings is 2. The molecule has 2 aromatic carbocycles. The van der Waals surface area contributed by atoms with E-state index in [9.17, 15) is 4.79 Å². The highest BCUT2D eigenvalue weighted by atomic mass is 16.5. The molecule has 0 aliphatic rings. The third kappa shape index (κ3) is 4.62. The monoisotopic (exact) mass is 297 g/mol. The fourth-order valence-corrected chi connectivity index (χ4v) is 2.38. The van der Waals surface area contributed by atoms with Gasteiger partial charge in [0.15, 0.2) is 0 Å². The van der Waals surface area contributed by atoms with Crippen LogP contribution in [0.25, 0.3) is 0 Å². The van der Waals surface area contributed by atoms with Gasteiger partial charge in [-0.2, -0.15) is 0 Å². The summed E-state index contributed by atoms with van der Waals surface area (Å²) in [4.78, 5) is 14.3. The summed E-state index contributed by atoms with van der Waals surface area (Å²) in [5, 5.41) is 0. The summed E-state index contributed by atoms with van der Waals surface area (Å²) < 4.78 is 5.15. The highest BCUT2D eigenvalue weighted by Crippen LogP contribution is 2.14. The number of rotatable bonds is 7. The highest BCUT2D eigenvalue weighted by molar-refractivity contribution is 5.76. The minimum atomic E-state index is 0.196. The molecule has 2 aromatic rings. The van der Waals surface area contributed by atoms with E-state index in [-0.39, 0.29) is 5.91 Å². The Kier molecular flexibility index (Phi) is 6.01. The van der Waals surface area contributed by atoms with Crippen LogP contribution in [-0.2, 0) is 17.8 Å². The van der Waals surface area contributed by atoms with Gasteiger partial charge in [0.25, 0.3) is 0 Å². The first-order valence-corrected chi connectivity index (χ1v) is 7.67. The maximum atomic E-state index is 12.4. The Morgan fingerprint density at radius 1 is 1.00 bits per heavy atom. The molecular weight excluding hydrogens is 274 g/mol. The summed E-state index contributed by atoms with van der Waals surface area (Å²) in [5.41, 5.74) is 2.33. The highest BCUT2D eigenvalue weighted by Gasteiger charge is 2.12. The van der Waals surface area contributed by atoms with E-state index in [0.717, 1.165) is 24.3 Å². The van der Waals surface area contributed by atoms with Crippen LogP contribution >= 0.6 is 0 Å². The Balaban J connectivity index is 1.90. The number of nitrogens with zero attached hydrogens (tertiary/aromatic N) is 1. The first kappa shape index (κ1) is 16.1. The Labute approximate surface area is 132 Å². The van der Waals surface area contributed by atoms with Gasteiger partial charge in [-0.25, -0.2) is 0 Å². The van der Waals surface area contributed by atoms with Crippen molar-refractivity contribution < 1.29 is 9.53 Å². The lowest BCUT2D eigenvalue weighted by Crippen LogP contribution is -2.30. The van der Waals surface area contributed by atoms with E-state index < -0.39 is 0 Å². The molecule has 0 saturated heterocycles. The van der Waals surface area contributed by atoms with Gasteiger partial charge in [0.1, 0.15) is 5.75 Å². The molecule has 0 saturated carbocycles. The normalized spacial score (nSPS) is 10.3. The van der Waals surface area contributed by atoms with Gasteiger partial charge in [-0.15, -0.1) is 0 Å². The van der Waals surface area contributed by atoms with Crippen LogP contribution in [0.3, 0.4) is 0 Å². The molecule has 0 aliphatic heterocycles. The van der Waals surface area contributed by atoms with Gasteiger partial charge in [-0.1, -0.05) is 42.5 Å². The van der Waals surface area contributed by atoms with Crippen molar-refractivity contribution in [2.24, 2.45) is 0 Å². The van der Waals surface area contributed by atoms with Crippen LogP contribution in [0.2, 0.25) is 0 Å². The molecule has 22 heavy (non-hydrogen) atoms. The predicted molar refractivity (Wildman–Crippen MR) is 88.8 cm³/mol. The largest absolute Gasteiger partial charge is 0.497 e. The summed E-state index contributed by atoms with van der Waals surface area (Å²) >= 11 is 0. The van der Waals surface area contributed by atoms with Crippen LogP contribution in [-0.4, -0.2) is 24.5 Å². The molecule has 2 rings (SSSR count). The van der Waals surface area contributed by atoms with Gasteiger partial charge in [-0.05, 0) is 36.6 Å². The van der Waals surface area contributed by atoms with Gasteiger partial charge in [0.2, 0.25) is 5.91 Å². The molecule has 0 atom stereocenters. The summed E-state index contributed by atoms with van der Waals surface area (Å²) in [5.74, 6) is 1.03. The lowest BCUT2D eigenvalue weighted by Gasteiger charge is -2.21. The van der Waals surface area contributed by atoms with E-state index >= 15 is 0 Å². The molecule has 3 heteroatoms. The van der Waals surface area contributed by atoms with Crippen LogP contribution in [0, 0.1) is 0 Å². The van der Waals surface area contributed by atoms with Crippen molar-refractivity contribution in [1.29, 1.82) is 0 Å². The van der Waals surface area contributed by atoms with Gasteiger partial charge >= 0.3 is 0 Å². The zero-order valence-corrected chi connectivity index (χ0v) is 13.3. The maximum absolute atomic E-state index is 12.4. The first-order valence-electron chi connectivity index (χ1n) is 7.67. The quantitative estimate of drug-likeness (QED) is 0.780. The van der Waals surface area contributed by atoms with Crippen molar-refractivity contribution in [3.63, 3.8) is 0 Å². The molecule has 0 bridgehead atoms. The van der Waals surface area contributed by atoms with Crippen molar-refractivity contribution >= 4 is 5.91 Å². The average molecular weight is 297 g/mol. The zero-order chi connectivity index (χ0) is 15.8. The number of carbonyl (C=O) groups is 1. The second-order valence-electron chi connectivity index (χ2n) is 5.24. The maximum Gasteiger partial charge on any atom is 0.223 e. The molecule has 0 heterocycles. The Morgan fingerprint density at radius 3 is 2.27 bits per heavy atom. The van der Waals surface area contributed by atoms with E-state index in [4.69, 9.17) is 4.74 Å². The first-order chi connectivity index (χ1) is 10.7. The second kappa shape index (κ2) is 8.23. The molecule has 1 amide bonds. The van der Waals surface area contributed by atoms with Crippen LogP contribution in [0.5, 0.6) is 5.75 Å². The minimum Gasteiger partial charge on any atom is -0.497 e. The lowest BCUT2D eigenvalue weighted by molar-refractivity contribution is -0.131. The van der Waals surface area contributed by atoms with Gasteiger partial charge in [0, 0.05) is 19.5 Å². The molecule has 0 unspecified atom stereocenters. The second-order valence-corrected chi connectivity index (χ2v) is 5.24. The summed E-state index contributed by atoms with van der Waals surface area (Å²) in [6.45, 7) is 3.39. The molecule has 0 aromatic heterocycles. The zero-order valence-electron chi connectivity index (χ0n) is 13.3. The van der Waals surface area contributed by atoms with E-state index in [1.165, 1.54) is 5.56 Å². The number of methoxy groups -OCH3 is 1. The standard InChI is InChI=1S/C19H23NO2/c1-3-20(15-17-9-12-18(22-2)13-10-17)19(21)14-11-16-7-5-4-6-8-16/h4-10,12-13H,3,11,14-15H2,1-2H3. The van der Waals surface area contributed by atoms with Gasteiger partial charge in [-0.3, -0.25) is 4.79 Å². The lowest BCUT2D eigenvalue weighted by atomic mass is 10.1. The third-order valence-electron chi connectivity index (χ3n) is 3.74. The van der Waals surface area contributed by atoms with E-state index in [1.54, 1.807) is 7.11 Å². The van der Waals surface area contributed by atoms with Crippen LogP contribution in [0.15, 0.2) is 54.6 Å². The Bertz CT molecular complexity index is 578. The molecular formula is C19H23NO2. The number of aryl methyl sites for hydroxylation is 1. The smallest absolute Gasteiger partial charge is 0.223 e. The van der Waals surface area contributed by atoms with Crippen molar-refractivity contribution in [3.05, 3.63) is 65.7 Å². The van der Waals surface area contributed by atoms with Gasteiger partial charge < -0.3 is 9.64 Å².